The number of methoxy groups -OCH3 is 1. The summed E-state index contributed by atoms with van der Waals surface area (Å²) < 4.78 is 11.1. The van der Waals surface area contributed by atoms with Crippen molar-refractivity contribution in [3.05, 3.63) is 62.8 Å². The summed E-state index contributed by atoms with van der Waals surface area (Å²) in [5.41, 5.74) is 2.59. The first-order valence-corrected chi connectivity index (χ1v) is 10.9. The largest absolute Gasteiger partial charge is 0.493 e. The molecule has 8 heteroatoms. The molecule has 2 heterocycles. The Morgan fingerprint density at radius 1 is 1.23 bits per heavy atom. The van der Waals surface area contributed by atoms with Gasteiger partial charge in [0.25, 0.3) is 0 Å². The summed E-state index contributed by atoms with van der Waals surface area (Å²) in [6.45, 7) is 2.36. The van der Waals surface area contributed by atoms with Gasteiger partial charge < -0.3 is 19.9 Å². The third kappa shape index (κ3) is 3.98. The van der Waals surface area contributed by atoms with Crippen molar-refractivity contribution in [2.75, 3.05) is 19.0 Å². The number of carboxylic acids is 1. The van der Waals surface area contributed by atoms with Gasteiger partial charge in [-0.05, 0) is 42.3 Å². The number of aromatic carboxylic acids is 1. The van der Waals surface area contributed by atoms with E-state index in [0.717, 1.165) is 10.4 Å². The summed E-state index contributed by atoms with van der Waals surface area (Å²) in [6, 6.07) is 12.5. The summed E-state index contributed by atoms with van der Waals surface area (Å²) >= 11 is 7.19. The number of ether oxygens (including phenoxy) is 2. The van der Waals surface area contributed by atoms with Gasteiger partial charge in [-0.25, -0.2) is 4.79 Å². The highest BCUT2D eigenvalue weighted by Gasteiger charge is 2.34. The number of thiophene rings is 1. The van der Waals surface area contributed by atoms with E-state index in [1.54, 1.807) is 37.4 Å². The fourth-order valence-electron chi connectivity index (χ4n) is 3.78. The highest BCUT2D eigenvalue weighted by molar-refractivity contribution is 7.15. The van der Waals surface area contributed by atoms with Crippen LogP contribution in [0.4, 0.5) is 5.69 Å². The fraction of sp³-hybridized carbons (Fsp3) is 0.217. The SMILES string of the molecule is CCOc1cc([C@H]2CC(=O)Nc3c2sc(C(=O)O)c3-c2ccc(Cl)cc2)ccc1OC. The predicted octanol–water partition coefficient (Wildman–Crippen LogP) is 5.65. The molecule has 2 aromatic carbocycles. The van der Waals surface area contributed by atoms with E-state index in [1.807, 2.05) is 19.1 Å². The Balaban J connectivity index is 1.88. The molecule has 31 heavy (non-hydrogen) atoms. The van der Waals surface area contributed by atoms with E-state index in [9.17, 15) is 14.7 Å². The van der Waals surface area contributed by atoms with E-state index in [1.165, 1.54) is 11.3 Å². The van der Waals surface area contributed by atoms with Crippen molar-refractivity contribution in [1.82, 2.24) is 0 Å². The smallest absolute Gasteiger partial charge is 0.346 e. The van der Waals surface area contributed by atoms with Crippen LogP contribution in [0.5, 0.6) is 11.5 Å². The van der Waals surface area contributed by atoms with Crippen LogP contribution in [-0.4, -0.2) is 30.7 Å². The van der Waals surface area contributed by atoms with E-state index in [4.69, 9.17) is 21.1 Å². The molecule has 1 atom stereocenters. The molecule has 1 aromatic heterocycles. The number of benzene rings is 2. The van der Waals surface area contributed by atoms with Crippen molar-refractivity contribution in [2.24, 2.45) is 0 Å². The number of carbonyl (C=O) groups excluding carboxylic acids is 1. The van der Waals surface area contributed by atoms with E-state index in [0.29, 0.717) is 39.9 Å². The molecular formula is C23H20ClNO5S. The first-order valence-electron chi connectivity index (χ1n) is 9.69. The fourth-order valence-corrected chi connectivity index (χ4v) is 5.15. The summed E-state index contributed by atoms with van der Waals surface area (Å²) in [5, 5.41) is 13.3. The van der Waals surface area contributed by atoms with Crippen LogP contribution in [-0.2, 0) is 4.79 Å². The number of nitrogens with one attached hydrogen (secondary N) is 1. The van der Waals surface area contributed by atoms with E-state index in [-0.39, 0.29) is 23.1 Å². The molecule has 1 aliphatic rings. The van der Waals surface area contributed by atoms with E-state index in [2.05, 4.69) is 5.32 Å². The van der Waals surface area contributed by atoms with Gasteiger partial charge in [0.15, 0.2) is 11.5 Å². The third-order valence-electron chi connectivity index (χ3n) is 5.12. The molecule has 0 unspecified atom stereocenters. The zero-order chi connectivity index (χ0) is 22.1. The van der Waals surface area contributed by atoms with Crippen LogP contribution < -0.4 is 14.8 Å². The number of amides is 1. The van der Waals surface area contributed by atoms with Gasteiger partial charge in [-0.2, -0.15) is 0 Å². The lowest BCUT2D eigenvalue weighted by molar-refractivity contribution is -0.116. The highest BCUT2D eigenvalue weighted by Crippen LogP contribution is 2.50. The number of carbonyl (C=O) groups is 2. The number of fused-ring (bicyclic) bond motifs is 1. The topological polar surface area (TPSA) is 84.9 Å². The first-order chi connectivity index (χ1) is 14.9. The average Bonchev–Trinajstić information content (AvgIpc) is 3.13. The van der Waals surface area contributed by atoms with Gasteiger partial charge in [-0.3, -0.25) is 4.79 Å². The first kappa shape index (κ1) is 21.2. The van der Waals surface area contributed by atoms with Crippen LogP contribution in [0.2, 0.25) is 5.02 Å². The minimum atomic E-state index is -1.04. The van der Waals surface area contributed by atoms with Gasteiger partial charge in [-0.15, -0.1) is 11.3 Å². The number of hydrogen-bond donors (Lipinski definition) is 2. The Morgan fingerprint density at radius 3 is 2.61 bits per heavy atom. The minimum absolute atomic E-state index is 0.170. The van der Waals surface area contributed by atoms with Crippen LogP contribution in [0, 0.1) is 0 Å². The van der Waals surface area contributed by atoms with Crippen LogP contribution in [0.15, 0.2) is 42.5 Å². The number of hydrogen-bond acceptors (Lipinski definition) is 5. The van der Waals surface area contributed by atoms with Crippen molar-refractivity contribution in [2.45, 2.75) is 19.3 Å². The van der Waals surface area contributed by atoms with Crippen molar-refractivity contribution in [3.63, 3.8) is 0 Å². The molecule has 0 aliphatic carbocycles. The van der Waals surface area contributed by atoms with Gasteiger partial charge in [0.2, 0.25) is 5.91 Å². The second-order valence-electron chi connectivity index (χ2n) is 7.01. The molecular weight excluding hydrogens is 438 g/mol. The Kier molecular flexibility index (Phi) is 5.89. The third-order valence-corrected chi connectivity index (χ3v) is 6.67. The number of halogens is 1. The number of rotatable bonds is 6. The standard InChI is InChI=1S/C23H20ClNO5S/c1-3-30-17-10-13(6-9-16(17)29-2)15-11-18(26)25-20-19(12-4-7-14(24)8-5-12)22(23(27)28)31-21(15)20/h4-10,15H,3,11H2,1-2H3,(H,25,26)(H,27,28)/t15-/m1/s1. The molecule has 0 bridgehead atoms. The Morgan fingerprint density at radius 2 is 1.97 bits per heavy atom. The van der Waals surface area contributed by atoms with Crippen LogP contribution in [0.25, 0.3) is 11.1 Å². The summed E-state index contributed by atoms with van der Waals surface area (Å²) in [6.07, 6.45) is 0.213. The van der Waals surface area contributed by atoms with Crippen molar-refractivity contribution in [3.8, 4) is 22.6 Å². The van der Waals surface area contributed by atoms with Gasteiger partial charge >= 0.3 is 5.97 Å². The molecule has 4 rings (SSSR count). The summed E-state index contributed by atoms with van der Waals surface area (Å²) in [4.78, 5) is 25.7. The summed E-state index contributed by atoms with van der Waals surface area (Å²) in [7, 11) is 1.57. The van der Waals surface area contributed by atoms with Crippen molar-refractivity contribution in [1.29, 1.82) is 0 Å². The highest BCUT2D eigenvalue weighted by atomic mass is 35.5. The molecule has 0 saturated heterocycles. The van der Waals surface area contributed by atoms with Crippen LogP contribution in [0.1, 0.15) is 39.4 Å². The van der Waals surface area contributed by atoms with Crippen molar-refractivity contribution >= 4 is 40.5 Å². The minimum Gasteiger partial charge on any atom is -0.493 e. The lowest BCUT2D eigenvalue weighted by atomic mass is 9.88. The molecule has 2 N–H and O–H groups in total. The molecule has 1 amide bonds. The average molecular weight is 458 g/mol. The van der Waals surface area contributed by atoms with Gasteiger partial charge in [0.05, 0.1) is 19.4 Å². The van der Waals surface area contributed by atoms with Gasteiger partial charge in [0.1, 0.15) is 4.88 Å². The number of anilines is 1. The normalized spacial score (nSPS) is 15.2. The molecule has 1 aliphatic heterocycles. The predicted molar refractivity (Wildman–Crippen MR) is 121 cm³/mol. The zero-order valence-electron chi connectivity index (χ0n) is 16.9. The maximum absolute atomic E-state index is 12.6. The lowest BCUT2D eigenvalue weighted by Crippen LogP contribution is -2.22. The number of carboxylic acid groups (broad SMARTS) is 1. The van der Waals surface area contributed by atoms with E-state index < -0.39 is 5.97 Å². The molecule has 6 nitrogen and oxygen atoms in total. The molecule has 0 radical (unpaired) electrons. The summed E-state index contributed by atoms with van der Waals surface area (Å²) in [5.74, 6) is -0.315. The monoisotopic (exact) mass is 457 g/mol. The molecule has 160 valence electrons. The lowest BCUT2D eigenvalue weighted by Gasteiger charge is -2.24. The maximum Gasteiger partial charge on any atom is 0.346 e. The second-order valence-corrected chi connectivity index (χ2v) is 8.49. The molecule has 0 saturated carbocycles. The van der Waals surface area contributed by atoms with Crippen LogP contribution in [0.3, 0.4) is 0 Å². The van der Waals surface area contributed by atoms with Gasteiger partial charge in [0, 0.05) is 27.8 Å². The van der Waals surface area contributed by atoms with Crippen molar-refractivity contribution < 1.29 is 24.2 Å². The molecule has 3 aromatic rings. The Hall–Kier alpha value is -3.03. The Labute approximate surface area is 188 Å². The van der Waals surface area contributed by atoms with Gasteiger partial charge in [-0.1, -0.05) is 29.8 Å². The molecule has 0 spiro atoms. The van der Waals surface area contributed by atoms with Crippen LogP contribution >= 0.6 is 22.9 Å². The quantitative estimate of drug-likeness (QED) is 0.499. The van der Waals surface area contributed by atoms with E-state index >= 15 is 0 Å². The molecule has 0 fully saturated rings. The maximum atomic E-state index is 12.6. The zero-order valence-corrected chi connectivity index (χ0v) is 18.5. The second kappa shape index (κ2) is 8.61. The Bertz CT molecular complexity index is 1160.